The Morgan fingerprint density at radius 1 is 1.30 bits per heavy atom. The number of aryl methyl sites for hydroxylation is 2. The number of furan rings is 1. The van der Waals surface area contributed by atoms with Crippen molar-refractivity contribution in [2.24, 2.45) is 5.92 Å². The predicted octanol–water partition coefficient (Wildman–Crippen LogP) is 3.06. The predicted molar refractivity (Wildman–Crippen MR) is 99.3 cm³/mol. The molecule has 0 saturated carbocycles. The van der Waals surface area contributed by atoms with Crippen molar-refractivity contribution in [2.45, 2.75) is 39.2 Å². The van der Waals surface area contributed by atoms with E-state index in [1.165, 1.54) is 0 Å². The molecule has 1 saturated heterocycles. The van der Waals surface area contributed by atoms with Gasteiger partial charge in [0, 0.05) is 24.2 Å². The van der Waals surface area contributed by atoms with Crippen molar-refractivity contribution >= 4 is 22.8 Å². The van der Waals surface area contributed by atoms with Crippen LogP contribution in [-0.2, 0) is 9.53 Å². The molecule has 7 nitrogen and oxygen atoms in total. The van der Waals surface area contributed by atoms with E-state index in [1.54, 1.807) is 14.0 Å². The highest BCUT2D eigenvalue weighted by Crippen LogP contribution is 2.33. The van der Waals surface area contributed by atoms with Crippen LogP contribution in [0.1, 0.15) is 40.9 Å². The lowest BCUT2D eigenvalue weighted by Crippen LogP contribution is -2.42. The van der Waals surface area contributed by atoms with E-state index < -0.39 is 17.9 Å². The van der Waals surface area contributed by atoms with Crippen LogP contribution in [0.15, 0.2) is 16.5 Å². The number of rotatable bonds is 6. The maximum atomic E-state index is 12.7. The Labute approximate surface area is 157 Å². The molecule has 27 heavy (non-hydrogen) atoms. The van der Waals surface area contributed by atoms with Gasteiger partial charge in [0.25, 0.3) is 5.91 Å². The molecule has 1 aliphatic rings. The number of carbonyl (C=O) groups excluding carboxylic acids is 1. The summed E-state index contributed by atoms with van der Waals surface area (Å²) in [7, 11) is 1.54. The van der Waals surface area contributed by atoms with Gasteiger partial charge in [-0.05, 0) is 56.7 Å². The molecule has 2 heterocycles. The molecule has 1 unspecified atom stereocenters. The lowest BCUT2D eigenvalue weighted by Gasteiger charge is -2.25. The van der Waals surface area contributed by atoms with E-state index in [4.69, 9.17) is 13.9 Å². The van der Waals surface area contributed by atoms with Gasteiger partial charge in [-0.15, -0.1) is 0 Å². The van der Waals surface area contributed by atoms with Crippen molar-refractivity contribution in [1.82, 2.24) is 5.32 Å². The molecule has 0 aliphatic carbocycles. The zero-order valence-corrected chi connectivity index (χ0v) is 15.8. The molecular formula is C20H25NO6. The molecule has 2 aromatic rings. The van der Waals surface area contributed by atoms with E-state index >= 15 is 0 Å². The molecule has 7 heteroatoms. The molecule has 1 fully saturated rings. The highest BCUT2D eigenvalue weighted by atomic mass is 16.5. The van der Waals surface area contributed by atoms with Gasteiger partial charge in [-0.25, -0.2) is 4.79 Å². The van der Waals surface area contributed by atoms with Crippen LogP contribution in [0.25, 0.3) is 11.0 Å². The van der Waals surface area contributed by atoms with Crippen molar-refractivity contribution in [1.29, 1.82) is 0 Å². The van der Waals surface area contributed by atoms with E-state index in [0.29, 0.717) is 36.5 Å². The van der Waals surface area contributed by atoms with Gasteiger partial charge in [-0.1, -0.05) is 0 Å². The Hall–Kier alpha value is -2.54. The van der Waals surface area contributed by atoms with E-state index in [1.807, 2.05) is 19.1 Å². The number of fused-ring (bicyclic) bond motifs is 1. The minimum Gasteiger partial charge on any atom is -0.493 e. The Morgan fingerprint density at radius 2 is 2.00 bits per heavy atom. The van der Waals surface area contributed by atoms with Crippen molar-refractivity contribution in [2.75, 3.05) is 20.3 Å². The molecule has 1 amide bonds. The largest absolute Gasteiger partial charge is 0.493 e. The normalized spacial score (nSPS) is 16.3. The van der Waals surface area contributed by atoms with Crippen LogP contribution < -0.4 is 10.1 Å². The van der Waals surface area contributed by atoms with E-state index in [9.17, 15) is 14.7 Å². The van der Waals surface area contributed by atoms with Crippen molar-refractivity contribution < 1.29 is 28.6 Å². The molecule has 0 bridgehead atoms. The van der Waals surface area contributed by atoms with E-state index in [2.05, 4.69) is 5.32 Å². The lowest BCUT2D eigenvalue weighted by atomic mass is 9.92. The molecule has 3 rings (SSSR count). The number of ether oxygens (including phenoxy) is 2. The number of carboxylic acid groups (broad SMARTS) is 1. The van der Waals surface area contributed by atoms with Gasteiger partial charge in [-0.3, -0.25) is 4.79 Å². The molecule has 0 spiro atoms. The van der Waals surface area contributed by atoms with Crippen LogP contribution in [0.3, 0.4) is 0 Å². The fourth-order valence-corrected chi connectivity index (χ4v) is 3.55. The number of carboxylic acids is 1. The summed E-state index contributed by atoms with van der Waals surface area (Å²) < 4.78 is 16.4. The van der Waals surface area contributed by atoms with Gasteiger partial charge in [-0.2, -0.15) is 0 Å². The number of benzene rings is 1. The Bertz CT molecular complexity index is 850. The quantitative estimate of drug-likeness (QED) is 0.805. The summed E-state index contributed by atoms with van der Waals surface area (Å²) in [6, 6.07) is 2.79. The highest BCUT2D eigenvalue weighted by molar-refractivity contribution is 6.01. The summed E-state index contributed by atoms with van der Waals surface area (Å²) in [6.07, 6.45) is 1.99. The first-order valence-corrected chi connectivity index (χ1v) is 9.09. The fraction of sp³-hybridized carbons (Fsp3) is 0.500. The second-order valence-corrected chi connectivity index (χ2v) is 7.06. The third kappa shape index (κ3) is 4.08. The number of hydrogen-bond acceptors (Lipinski definition) is 5. The van der Waals surface area contributed by atoms with Crippen LogP contribution in [0, 0.1) is 19.8 Å². The standard InChI is InChI=1S/C20H25NO6/c1-11-8-14-12(2)17(27-18(14)16(9-11)25-3)19(22)21-15(20(23)24)10-13-4-6-26-7-5-13/h8-9,13,15H,4-7,10H2,1-3H3,(H,21,22)(H,23,24). The van der Waals surface area contributed by atoms with Gasteiger partial charge in [0.15, 0.2) is 17.1 Å². The fourth-order valence-electron chi connectivity index (χ4n) is 3.55. The van der Waals surface area contributed by atoms with Crippen LogP contribution in [-0.4, -0.2) is 43.3 Å². The number of carbonyl (C=O) groups is 2. The van der Waals surface area contributed by atoms with Gasteiger partial charge in [0.2, 0.25) is 0 Å². The number of hydrogen-bond donors (Lipinski definition) is 2. The second-order valence-electron chi connectivity index (χ2n) is 7.06. The van der Waals surface area contributed by atoms with Crippen molar-refractivity contribution in [3.8, 4) is 5.75 Å². The SMILES string of the molecule is COc1cc(C)cc2c(C)c(C(=O)NC(CC3CCOCC3)C(=O)O)oc12. The third-order valence-electron chi connectivity index (χ3n) is 5.09. The highest BCUT2D eigenvalue weighted by Gasteiger charge is 2.28. The summed E-state index contributed by atoms with van der Waals surface area (Å²) in [5.41, 5.74) is 2.14. The number of amides is 1. The second kappa shape index (κ2) is 8.00. The third-order valence-corrected chi connectivity index (χ3v) is 5.09. The Morgan fingerprint density at radius 3 is 2.63 bits per heavy atom. The first kappa shape index (κ1) is 19.2. The monoisotopic (exact) mass is 375 g/mol. The minimum absolute atomic E-state index is 0.118. The van der Waals surface area contributed by atoms with Crippen molar-refractivity contribution in [3.05, 3.63) is 29.0 Å². The average Bonchev–Trinajstić information content (AvgIpc) is 2.98. The molecule has 2 N–H and O–H groups in total. The maximum Gasteiger partial charge on any atom is 0.326 e. The molecule has 1 aromatic heterocycles. The maximum absolute atomic E-state index is 12.7. The smallest absolute Gasteiger partial charge is 0.326 e. The molecule has 146 valence electrons. The van der Waals surface area contributed by atoms with Crippen molar-refractivity contribution in [3.63, 3.8) is 0 Å². The van der Waals surface area contributed by atoms with Crippen LogP contribution in [0.5, 0.6) is 5.75 Å². The molecule has 1 aliphatic heterocycles. The van der Waals surface area contributed by atoms with Crippen LogP contribution >= 0.6 is 0 Å². The summed E-state index contributed by atoms with van der Waals surface area (Å²) in [5, 5.41) is 12.9. The minimum atomic E-state index is -1.04. The Balaban J connectivity index is 1.83. The summed E-state index contributed by atoms with van der Waals surface area (Å²) in [4.78, 5) is 24.4. The van der Waals surface area contributed by atoms with E-state index in [-0.39, 0.29) is 11.7 Å². The number of nitrogens with one attached hydrogen (secondary N) is 1. The van der Waals surface area contributed by atoms with Gasteiger partial charge in [0.1, 0.15) is 6.04 Å². The lowest BCUT2D eigenvalue weighted by molar-refractivity contribution is -0.140. The zero-order chi connectivity index (χ0) is 19.6. The van der Waals surface area contributed by atoms with Gasteiger partial charge < -0.3 is 24.3 Å². The number of aliphatic carboxylic acids is 1. The Kier molecular flexibility index (Phi) is 5.70. The zero-order valence-electron chi connectivity index (χ0n) is 15.8. The number of methoxy groups -OCH3 is 1. The first-order chi connectivity index (χ1) is 12.9. The molecule has 0 radical (unpaired) electrons. The first-order valence-electron chi connectivity index (χ1n) is 9.09. The molecule has 1 atom stereocenters. The topological polar surface area (TPSA) is 98.0 Å². The summed E-state index contributed by atoms with van der Waals surface area (Å²) in [5.74, 6) is -0.684. The molecule has 1 aromatic carbocycles. The van der Waals surface area contributed by atoms with Crippen LogP contribution in [0.2, 0.25) is 0 Å². The van der Waals surface area contributed by atoms with E-state index in [0.717, 1.165) is 23.8 Å². The van der Waals surface area contributed by atoms with Gasteiger partial charge >= 0.3 is 5.97 Å². The van der Waals surface area contributed by atoms with Crippen LogP contribution in [0.4, 0.5) is 0 Å². The molecular weight excluding hydrogens is 350 g/mol. The summed E-state index contributed by atoms with van der Waals surface area (Å²) >= 11 is 0. The van der Waals surface area contributed by atoms with Gasteiger partial charge in [0.05, 0.1) is 7.11 Å². The average molecular weight is 375 g/mol. The summed E-state index contributed by atoms with van der Waals surface area (Å²) in [6.45, 7) is 4.98.